The maximum Gasteiger partial charge on any atom is 0.171 e. The van der Waals surface area contributed by atoms with Crippen molar-refractivity contribution in [2.75, 3.05) is 12.4 Å². The Labute approximate surface area is 134 Å². The number of benzene rings is 1. The zero-order valence-corrected chi connectivity index (χ0v) is 15.1. The van der Waals surface area contributed by atoms with Crippen LogP contribution in [-0.2, 0) is 0 Å². The lowest BCUT2D eigenvalue weighted by Crippen LogP contribution is -2.47. The number of hydrogen-bond acceptors (Lipinski definition) is 2. The Balaban J connectivity index is 2.76. The lowest BCUT2D eigenvalue weighted by Gasteiger charge is -2.34. The molecule has 0 amide bonds. The summed E-state index contributed by atoms with van der Waals surface area (Å²) < 4.78 is 5.36. The molecule has 118 valence electrons. The SMILES string of the molecule is COc1ccc(C)cc1NC(=S)NC(C)(C)CC(C)(C)C. The van der Waals surface area contributed by atoms with Crippen molar-refractivity contribution in [3.05, 3.63) is 23.8 Å². The van der Waals surface area contributed by atoms with Crippen LogP contribution in [0.4, 0.5) is 5.69 Å². The Morgan fingerprint density at radius 3 is 2.33 bits per heavy atom. The highest BCUT2D eigenvalue weighted by molar-refractivity contribution is 7.80. The molecule has 0 aliphatic carbocycles. The van der Waals surface area contributed by atoms with Crippen molar-refractivity contribution in [3.63, 3.8) is 0 Å². The second-order valence-electron chi connectivity index (χ2n) is 7.40. The van der Waals surface area contributed by atoms with Crippen LogP contribution in [0.15, 0.2) is 18.2 Å². The van der Waals surface area contributed by atoms with Crippen LogP contribution in [0.5, 0.6) is 5.75 Å². The van der Waals surface area contributed by atoms with Crippen LogP contribution in [0.25, 0.3) is 0 Å². The summed E-state index contributed by atoms with van der Waals surface area (Å²) in [6.45, 7) is 13.1. The average Bonchev–Trinajstić information content (AvgIpc) is 2.24. The molecular weight excluding hydrogens is 280 g/mol. The summed E-state index contributed by atoms with van der Waals surface area (Å²) in [5, 5.41) is 7.25. The molecule has 0 aromatic heterocycles. The van der Waals surface area contributed by atoms with Gasteiger partial charge in [0, 0.05) is 5.54 Å². The minimum atomic E-state index is -0.0700. The number of hydrogen-bond donors (Lipinski definition) is 2. The van der Waals surface area contributed by atoms with E-state index in [0.29, 0.717) is 5.11 Å². The van der Waals surface area contributed by atoms with Gasteiger partial charge >= 0.3 is 0 Å². The van der Waals surface area contributed by atoms with E-state index < -0.39 is 0 Å². The van der Waals surface area contributed by atoms with Gasteiger partial charge in [-0.15, -0.1) is 0 Å². The first kappa shape index (κ1) is 17.8. The van der Waals surface area contributed by atoms with Crippen molar-refractivity contribution >= 4 is 23.0 Å². The molecule has 2 N–H and O–H groups in total. The molecule has 0 unspecified atom stereocenters. The summed E-state index contributed by atoms with van der Waals surface area (Å²) in [5.41, 5.74) is 2.23. The topological polar surface area (TPSA) is 33.3 Å². The first-order chi connectivity index (χ1) is 9.52. The fraction of sp³-hybridized carbons (Fsp3) is 0.588. The molecule has 0 radical (unpaired) electrons. The lowest BCUT2D eigenvalue weighted by atomic mass is 9.82. The van der Waals surface area contributed by atoms with Gasteiger partial charge in [0.05, 0.1) is 12.8 Å². The van der Waals surface area contributed by atoms with Crippen molar-refractivity contribution in [1.29, 1.82) is 0 Å². The van der Waals surface area contributed by atoms with E-state index in [1.54, 1.807) is 7.11 Å². The highest BCUT2D eigenvalue weighted by atomic mass is 32.1. The molecule has 0 aliphatic rings. The number of rotatable bonds is 4. The van der Waals surface area contributed by atoms with Crippen LogP contribution >= 0.6 is 12.2 Å². The molecule has 0 saturated heterocycles. The fourth-order valence-electron chi connectivity index (χ4n) is 2.75. The van der Waals surface area contributed by atoms with E-state index in [1.165, 1.54) is 0 Å². The van der Waals surface area contributed by atoms with E-state index in [1.807, 2.05) is 25.1 Å². The van der Waals surface area contributed by atoms with Gasteiger partial charge in [0.15, 0.2) is 5.11 Å². The molecule has 0 fully saturated rings. The first-order valence-electron chi connectivity index (χ1n) is 7.26. The van der Waals surface area contributed by atoms with Gasteiger partial charge in [-0.3, -0.25) is 0 Å². The monoisotopic (exact) mass is 308 g/mol. The van der Waals surface area contributed by atoms with Crippen LogP contribution in [0.3, 0.4) is 0 Å². The normalized spacial score (nSPS) is 12.0. The van der Waals surface area contributed by atoms with Crippen molar-refractivity contribution in [1.82, 2.24) is 5.32 Å². The summed E-state index contributed by atoms with van der Waals surface area (Å²) in [6, 6.07) is 5.99. The van der Waals surface area contributed by atoms with E-state index in [2.05, 4.69) is 45.3 Å². The summed E-state index contributed by atoms with van der Waals surface area (Å²) in [7, 11) is 1.66. The maximum atomic E-state index is 5.45. The first-order valence-corrected chi connectivity index (χ1v) is 7.67. The van der Waals surface area contributed by atoms with Crippen LogP contribution in [-0.4, -0.2) is 17.8 Å². The molecule has 0 aliphatic heterocycles. The molecule has 0 heterocycles. The standard InChI is InChI=1S/C17H28N2OS/c1-12-8-9-14(20-7)13(10-12)18-15(21)19-17(5,6)11-16(2,3)4/h8-10H,11H2,1-7H3,(H2,18,19,21). The molecule has 1 rings (SSSR count). The fourth-order valence-corrected chi connectivity index (χ4v) is 3.14. The summed E-state index contributed by atoms with van der Waals surface area (Å²) in [6.07, 6.45) is 1.02. The predicted molar refractivity (Wildman–Crippen MR) is 95.2 cm³/mol. The van der Waals surface area contributed by atoms with Gasteiger partial charge in [-0.1, -0.05) is 26.8 Å². The smallest absolute Gasteiger partial charge is 0.171 e. The number of methoxy groups -OCH3 is 1. The molecule has 4 heteroatoms. The maximum absolute atomic E-state index is 5.45. The number of nitrogens with one attached hydrogen (secondary N) is 2. The zero-order chi connectivity index (χ0) is 16.3. The van der Waals surface area contributed by atoms with E-state index in [9.17, 15) is 0 Å². The van der Waals surface area contributed by atoms with Crippen molar-refractivity contribution in [2.45, 2.75) is 53.5 Å². The zero-order valence-electron chi connectivity index (χ0n) is 14.3. The Kier molecular flexibility index (Phi) is 5.62. The van der Waals surface area contributed by atoms with Gasteiger partial charge in [-0.2, -0.15) is 0 Å². The van der Waals surface area contributed by atoms with Gasteiger partial charge in [0.2, 0.25) is 0 Å². The molecule has 21 heavy (non-hydrogen) atoms. The average molecular weight is 308 g/mol. The molecule has 1 aromatic carbocycles. The summed E-state index contributed by atoms with van der Waals surface area (Å²) in [5.74, 6) is 0.790. The third-order valence-electron chi connectivity index (χ3n) is 3.03. The minimum absolute atomic E-state index is 0.0700. The number of aryl methyl sites for hydroxylation is 1. The Morgan fingerprint density at radius 2 is 1.81 bits per heavy atom. The van der Waals surface area contributed by atoms with Gasteiger partial charge in [0.25, 0.3) is 0 Å². The molecule has 0 spiro atoms. The highest BCUT2D eigenvalue weighted by Gasteiger charge is 2.26. The van der Waals surface area contributed by atoms with E-state index in [4.69, 9.17) is 17.0 Å². The number of ether oxygens (including phenoxy) is 1. The molecule has 3 nitrogen and oxygen atoms in total. The van der Waals surface area contributed by atoms with Crippen LogP contribution < -0.4 is 15.4 Å². The quantitative estimate of drug-likeness (QED) is 0.802. The molecule has 1 aromatic rings. The second-order valence-corrected chi connectivity index (χ2v) is 7.81. The number of anilines is 1. The molecule has 0 atom stereocenters. The molecule has 0 saturated carbocycles. The summed E-state index contributed by atoms with van der Waals surface area (Å²) >= 11 is 5.45. The largest absolute Gasteiger partial charge is 0.495 e. The predicted octanol–water partition coefficient (Wildman–Crippen LogP) is 4.50. The van der Waals surface area contributed by atoms with Crippen molar-refractivity contribution < 1.29 is 4.74 Å². The Hall–Kier alpha value is -1.29. The molecular formula is C17H28N2OS. The van der Waals surface area contributed by atoms with Crippen LogP contribution in [0, 0.1) is 12.3 Å². The third-order valence-corrected chi connectivity index (χ3v) is 3.23. The van der Waals surface area contributed by atoms with E-state index in [-0.39, 0.29) is 11.0 Å². The van der Waals surface area contributed by atoms with Gasteiger partial charge in [-0.25, -0.2) is 0 Å². The summed E-state index contributed by atoms with van der Waals surface area (Å²) in [4.78, 5) is 0. The van der Waals surface area contributed by atoms with Crippen molar-refractivity contribution in [2.24, 2.45) is 5.41 Å². The van der Waals surface area contributed by atoms with Gasteiger partial charge in [-0.05, 0) is 62.5 Å². The van der Waals surface area contributed by atoms with Crippen molar-refractivity contribution in [3.8, 4) is 5.75 Å². The Bertz CT molecular complexity index is 504. The molecule has 0 bridgehead atoms. The van der Waals surface area contributed by atoms with Crippen LogP contribution in [0.1, 0.15) is 46.6 Å². The minimum Gasteiger partial charge on any atom is -0.495 e. The highest BCUT2D eigenvalue weighted by Crippen LogP contribution is 2.28. The van der Waals surface area contributed by atoms with E-state index in [0.717, 1.165) is 23.4 Å². The number of thiocarbonyl (C=S) groups is 1. The van der Waals surface area contributed by atoms with Crippen LogP contribution in [0.2, 0.25) is 0 Å². The van der Waals surface area contributed by atoms with E-state index >= 15 is 0 Å². The lowest BCUT2D eigenvalue weighted by molar-refractivity contribution is 0.268. The van der Waals surface area contributed by atoms with Gasteiger partial charge in [0.1, 0.15) is 5.75 Å². The van der Waals surface area contributed by atoms with Gasteiger partial charge < -0.3 is 15.4 Å². The third kappa shape index (κ3) is 6.34. The Morgan fingerprint density at radius 1 is 1.19 bits per heavy atom. The second kappa shape index (κ2) is 6.65.